The number of nitrogens with one attached hydrogen (secondary N) is 1. The van der Waals surface area contributed by atoms with Crippen LogP contribution in [0, 0.1) is 0 Å². The molecule has 7 nitrogen and oxygen atoms in total. The molecule has 7 heteroatoms. The van der Waals surface area contributed by atoms with Crippen molar-refractivity contribution in [3.05, 3.63) is 35.9 Å². The van der Waals surface area contributed by atoms with Crippen molar-refractivity contribution in [1.82, 2.24) is 20.0 Å². The van der Waals surface area contributed by atoms with Crippen LogP contribution in [-0.2, 0) is 14.3 Å². The summed E-state index contributed by atoms with van der Waals surface area (Å²) in [6.07, 6.45) is 2.18. The lowest BCUT2D eigenvalue weighted by Crippen LogP contribution is -2.54. The zero-order valence-electron chi connectivity index (χ0n) is 16.4. The molecule has 28 heavy (non-hydrogen) atoms. The molecule has 2 aliphatic heterocycles. The Morgan fingerprint density at radius 2 is 1.68 bits per heavy atom. The predicted molar refractivity (Wildman–Crippen MR) is 106 cm³/mol. The minimum atomic E-state index is -0.251. The second kappa shape index (κ2) is 9.03. The SMILES string of the molecule is O=C(NC1CC1)C(c1ccccc1)N1CCN(CC(=O)N2CCOCC2)CC1. The van der Waals surface area contributed by atoms with E-state index in [9.17, 15) is 9.59 Å². The van der Waals surface area contributed by atoms with Crippen LogP contribution in [0.25, 0.3) is 0 Å². The number of rotatable bonds is 6. The molecule has 2 saturated heterocycles. The van der Waals surface area contributed by atoms with Gasteiger partial charge in [0.2, 0.25) is 11.8 Å². The lowest BCUT2D eigenvalue weighted by Gasteiger charge is -2.39. The van der Waals surface area contributed by atoms with E-state index < -0.39 is 0 Å². The molecule has 1 atom stereocenters. The highest BCUT2D eigenvalue weighted by Gasteiger charge is 2.34. The molecule has 2 amide bonds. The van der Waals surface area contributed by atoms with Crippen molar-refractivity contribution in [3.8, 4) is 0 Å². The van der Waals surface area contributed by atoms with E-state index in [2.05, 4.69) is 15.1 Å². The second-order valence-electron chi connectivity index (χ2n) is 7.90. The molecule has 4 rings (SSSR count). The van der Waals surface area contributed by atoms with Crippen LogP contribution in [0.15, 0.2) is 30.3 Å². The number of benzene rings is 1. The lowest BCUT2D eigenvalue weighted by molar-refractivity contribution is -0.137. The molecule has 1 aromatic carbocycles. The van der Waals surface area contributed by atoms with Crippen molar-refractivity contribution in [1.29, 1.82) is 0 Å². The van der Waals surface area contributed by atoms with Gasteiger partial charge in [0.1, 0.15) is 6.04 Å². The number of ether oxygens (including phenoxy) is 1. The highest BCUT2D eigenvalue weighted by atomic mass is 16.5. The number of hydrogen-bond donors (Lipinski definition) is 1. The standard InChI is InChI=1S/C21H30N4O3/c26-19(24-12-14-28-15-13-24)16-23-8-10-25(11-9-23)20(17-4-2-1-3-5-17)21(27)22-18-6-7-18/h1-5,18,20H,6-16H2,(H,22,27). The summed E-state index contributed by atoms with van der Waals surface area (Å²) >= 11 is 0. The van der Waals surface area contributed by atoms with Crippen LogP contribution >= 0.6 is 0 Å². The molecule has 1 aromatic rings. The van der Waals surface area contributed by atoms with Crippen LogP contribution in [0.5, 0.6) is 0 Å². The van der Waals surface area contributed by atoms with E-state index in [1.807, 2.05) is 35.2 Å². The van der Waals surface area contributed by atoms with E-state index in [1.54, 1.807) is 0 Å². The minimum absolute atomic E-state index is 0.103. The van der Waals surface area contributed by atoms with Crippen LogP contribution < -0.4 is 5.32 Å². The first-order valence-corrected chi connectivity index (χ1v) is 10.4. The number of piperazine rings is 1. The Kier molecular flexibility index (Phi) is 6.24. The molecular weight excluding hydrogens is 356 g/mol. The fourth-order valence-electron chi connectivity index (χ4n) is 3.95. The Hall–Kier alpha value is -1.96. The van der Waals surface area contributed by atoms with Gasteiger partial charge < -0.3 is 15.0 Å². The highest BCUT2D eigenvalue weighted by molar-refractivity contribution is 5.83. The molecule has 0 spiro atoms. The van der Waals surface area contributed by atoms with Crippen LogP contribution in [0.4, 0.5) is 0 Å². The Morgan fingerprint density at radius 3 is 2.32 bits per heavy atom. The van der Waals surface area contributed by atoms with Crippen molar-refractivity contribution in [3.63, 3.8) is 0 Å². The second-order valence-corrected chi connectivity index (χ2v) is 7.90. The van der Waals surface area contributed by atoms with Gasteiger partial charge in [-0.25, -0.2) is 0 Å². The Morgan fingerprint density at radius 1 is 1.00 bits per heavy atom. The summed E-state index contributed by atoms with van der Waals surface area (Å²) in [6.45, 7) is 6.28. The molecule has 1 aliphatic carbocycles. The monoisotopic (exact) mass is 386 g/mol. The van der Waals surface area contributed by atoms with Gasteiger partial charge in [0.05, 0.1) is 19.8 Å². The van der Waals surface area contributed by atoms with Gasteiger partial charge in [-0.1, -0.05) is 30.3 Å². The van der Waals surface area contributed by atoms with Gasteiger partial charge in [-0.3, -0.25) is 19.4 Å². The minimum Gasteiger partial charge on any atom is -0.378 e. The van der Waals surface area contributed by atoms with Gasteiger partial charge in [0.15, 0.2) is 0 Å². The Bertz CT molecular complexity index is 665. The summed E-state index contributed by atoms with van der Waals surface area (Å²) in [5, 5.41) is 3.17. The van der Waals surface area contributed by atoms with Crippen molar-refractivity contribution < 1.29 is 14.3 Å². The smallest absolute Gasteiger partial charge is 0.242 e. The first-order chi connectivity index (χ1) is 13.7. The van der Waals surface area contributed by atoms with E-state index >= 15 is 0 Å². The molecule has 3 fully saturated rings. The lowest BCUT2D eigenvalue weighted by atomic mass is 10.0. The number of nitrogens with zero attached hydrogens (tertiary/aromatic N) is 3. The predicted octanol–water partition coefficient (Wildman–Crippen LogP) is 0.483. The zero-order chi connectivity index (χ0) is 19.3. The maximum absolute atomic E-state index is 12.9. The molecule has 152 valence electrons. The number of amides is 2. The molecule has 1 N–H and O–H groups in total. The Labute approximate surface area is 166 Å². The third kappa shape index (κ3) is 4.90. The number of carbonyl (C=O) groups excluding carboxylic acids is 2. The Balaban J connectivity index is 1.34. The van der Waals surface area contributed by atoms with Gasteiger partial charge in [-0.15, -0.1) is 0 Å². The first-order valence-electron chi connectivity index (χ1n) is 10.4. The maximum Gasteiger partial charge on any atom is 0.242 e. The van der Waals surface area contributed by atoms with Crippen molar-refractivity contribution in [2.75, 3.05) is 59.0 Å². The van der Waals surface area contributed by atoms with Gasteiger partial charge in [0, 0.05) is 45.3 Å². The maximum atomic E-state index is 12.9. The molecule has 2 heterocycles. The van der Waals surface area contributed by atoms with E-state index in [1.165, 1.54) is 0 Å². The topological polar surface area (TPSA) is 65.1 Å². The van der Waals surface area contributed by atoms with Gasteiger partial charge in [-0.05, 0) is 18.4 Å². The fourth-order valence-corrected chi connectivity index (χ4v) is 3.95. The third-order valence-corrected chi connectivity index (χ3v) is 5.78. The average Bonchev–Trinajstić information content (AvgIpc) is 3.55. The average molecular weight is 386 g/mol. The molecule has 0 aromatic heterocycles. The van der Waals surface area contributed by atoms with E-state index in [0.717, 1.165) is 44.6 Å². The largest absolute Gasteiger partial charge is 0.378 e. The number of carbonyl (C=O) groups is 2. The van der Waals surface area contributed by atoms with Crippen LogP contribution in [0.3, 0.4) is 0 Å². The number of hydrogen-bond acceptors (Lipinski definition) is 5. The summed E-state index contributed by atoms with van der Waals surface area (Å²) in [4.78, 5) is 31.8. The summed E-state index contributed by atoms with van der Waals surface area (Å²) in [5.41, 5.74) is 1.04. The first kappa shape index (κ1) is 19.4. The molecule has 1 unspecified atom stereocenters. The van der Waals surface area contributed by atoms with Crippen LogP contribution in [0.1, 0.15) is 24.4 Å². The number of morpholine rings is 1. The summed E-state index contributed by atoms with van der Waals surface area (Å²) in [6, 6.07) is 10.1. The molecule has 3 aliphatic rings. The van der Waals surface area contributed by atoms with E-state index in [-0.39, 0.29) is 17.9 Å². The van der Waals surface area contributed by atoms with E-state index in [0.29, 0.717) is 38.9 Å². The van der Waals surface area contributed by atoms with Gasteiger partial charge in [0.25, 0.3) is 0 Å². The van der Waals surface area contributed by atoms with Gasteiger partial charge in [-0.2, -0.15) is 0 Å². The highest BCUT2D eigenvalue weighted by Crippen LogP contribution is 2.25. The zero-order valence-corrected chi connectivity index (χ0v) is 16.4. The third-order valence-electron chi connectivity index (χ3n) is 5.78. The molecule has 0 bridgehead atoms. The van der Waals surface area contributed by atoms with Crippen molar-refractivity contribution >= 4 is 11.8 Å². The molecular formula is C21H30N4O3. The van der Waals surface area contributed by atoms with Gasteiger partial charge >= 0.3 is 0 Å². The van der Waals surface area contributed by atoms with E-state index in [4.69, 9.17) is 4.74 Å². The summed E-state index contributed by atoms with van der Waals surface area (Å²) < 4.78 is 5.32. The quantitative estimate of drug-likeness (QED) is 0.771. The van der Waals surface area contributed by atoms with Crippen molar-refractivity contribution in [2.24, 2.45) is 0 Å². The molecule has 1 saturated carbocycles. The fraction of sp³-hybridized carbons (Fsp3) is 0.619. The summed E-state index contributed by atoms with van der Waals surface area (Å²) in [5.74, 6) is 0.286. The van der Waals surface area contributed by atoms with Crippen LogP contribution in [0.2, 0.25) is 0 Å². The molecule has 0 radical (unpaired) electrons. The normalized spacial score (nSPS) is 22.6. The van der Waals surface area contributed by atoms with Crippen LogP contribution in [-0.4, -0.2) is 91.6 Å². The summed E-state index contributed by atoms with van der Waals surface area (Å²) in [7, 11) is 0. The van der Waals surface area contributed by atoms with Crippen molar-refractivity contribution in [2.45, 2.75) is 24.9 Å².